The first kappa shape index (κ1) is 20.0. The van der Waals surface area contributed by atoms with Gasteiger partial charge in [0.25, 0.3) is 0 Å². The van der Waals surface area contributed by atoms with Gasteiger partial charge in [0.2, 0.25) is 0 Å². The van der Waals surface area contributed by atoms with Crippen LogP contribution in [0.25, 0.3) is 0 Å². The Hall–Kier alpha value is -2.31. The predicted octanol–water partition coefficient (Wildman–Crippen LogP) is 2.58. The van der Waals surface area contributed by atoms with Crippen molar-refractivity contribution in [1.29, 1.82) is 0 Å². The largest absolute Gasteiger partial charge is 0.461 e. The third-order valence-corrected chi connectivity index (χ3v) is 4.65. The fraction of sp³-hybridized carbons (Fsp3) is 0.632. The Morgan fingerprint density at radius 1 is 1.27 bits per heavy atom. The van der Waals surface area contributed by atoms with E-state index in [1.807, 2.05) is 13.8 Å². The lowest BCUT2D eigenvalue weighted by Gasteiger charge is -2.23. The zero-order valence-corrected chi connectivity index (χ0v) is 16.5. The molecule has 0 spiro atoms. The first-order chi connectivity index (χ1) is 12.2. The minimum Gasteiger partial charge on any atom is -0.461 e. The summed E-state index contributed by atoms with van der Waals surface area (Å²) in [6, 6.07) is -0.0891. The molecule has 144 valence electrons. The Morgan fingerprint density at radius 2 is 1.88 bits per heavy atom. The topological polar surface area (TPSA) is 80.6 Å². The van der Waals surface area contributed by atoms with E-state index in [-0.39, 0.29) is 37.0 Å². The second-order valence-electron chi connectivity index (χ2n) is 7.10. The van der Waals surface area contributed by atoms with Gasteiger partial charge in [-0.3, -0.25) is 4.79 Å². The third kappa shape index (κ3) is 4.08. The first-order valence-electron chi connectivity index (χ1n) is 9.12. The van der Waals surface area contributed by atoms with E-state index in [1.165, 1.54) is 0 Å². The monoisotopic (exact) mass is 363 g/mol. The Labute approximate surface area is 154 Å². The Kier molecular flexibility index (Phi) is 6.10. The first-order valence-corrected chi connectivity index (χ1v) is 9.12. The lowest BCUT2D eigenvalue weighted by Crippen LogP contribution is -2.46. The van der Waals surface area contributed by atoms with E-state index >= 15 is 0 Å². The molecule has 1 aromatic rings. The van der Waals surface area contributed by atoms with E-state index in [0.29, 0.717) is 22.5 Å². The number of ketones is 1. The molecule has 1 aromatic heterocycles. The molecule has 1 aliphatic rings. The van der Waals surface area contributed by atoms with E-state index in [1.54, 1.807) is 37.3 Å². The van der Waals surface area contributed by atoms with Crippen molar-refractivity contribution in [2.24, 2.45) is 7.05 Å². The van der Waals surface area contributed by atoms with Crippen molar-refractivity contribution in [2.45, 2.75) is 59.5 Å². The molecule has 0 atom stereocenters. The molecule has 1 N–H and O–H groups in total. The average molecular weight is 363 g/mol. The SMILES string of the molecule is CCOC(=O)c1c(C)c(C(=O)CN(C(=O)NC(C)C)C2CC2)c(C)n1C. The number of hydrogen-bond acceptors (Lipinski definition) is 4. The standard InChI is InChI=1S/C19H29N3O4/c1-7-26-18(24)17-12(4)16(13(5)21(17)6)15(23)10-22(14-8-9-14)19(25)20-11(2)3/h11,14H,7-10H2,1-6H3,(H,20,25). The molecule has 0 saturated heterocycles. The van der Waals surface area contributed by atoms with Crippen LogP contribution in [0.2, 0.25) is 0 Å². The number of nitrogens with one attached hydrogen (secondary N) is 1. The second kappa shape index (κ2) is 7.93. The number of amides is 2. The van der Waals surface area contributed by atoms with Gasteiger partial charge in [-0.05, 0) is 53.0 Å². The number of ether oxygens (including phenoxy) is 1. The number of esters is 1. The fourth-order valence-electron chi connectivity index (χ4n) is 3.19. The van der Waals surface area contributed by atoms with Crippen molar-refractivity contribution < 1.29 is 19.1 Å². The average Bonchev–Trinajstić information content (AvgIpc) is 3.33. The summed E-state index contributed by atoms with van der Waals surface area (Å²) in [5.41, 5.74) is 2.19. The molecular weight excluding hydrogens is 334 g/mol. The van der Waals surface area contributed by atoms with Gasteiger partial charge >= 0.3 is 12.0 Å². The van der Waals surface area contributed by atoms with Gasteiger partial charge in [-0.2, -0.15) is 0 Å². The molecular formula is C19H29N3O4. The Balaban J connectivity index is 2.27. The summed E-state index contributed by atoms with van der Waals surface area (Å²) >= 11 is 0. The number of carbonyl (C=O) groups is 3. The number of carbonyl (C=O) groups excluding carboxylic acids is 3. The maximum atomic E-state index is 13.0. The van der Waals surface area contributed by atoms with Crippen LogP contribution in [0, 0.1) is 13.8 Å². The highest BCUT2D eigenvalue weighted by Gasteiger charge is 2.35. The summed E-state index contributed by atoms with van der Waals surface area (Å²) < 4.78 is 6.79. The van der Waals surface area contributed by atoms with Crippen LogP contribution in [0.3, 0.4) is 0 Å². The second-order valence-corrected chi connectivity index (χ2v) is 7.10. The van der Waals surface area contributed by atoms with Gasteiger partial charge in [0, 0.05) is 30.4 Å². The maximum Gasteiger partial charge on any atom is 0.355 e. The number of urea groups is 1. The van der Waals surface area contributed by atoms with Crippen LogP contribution in [0.15, 0.2) is 0 Å². The molecule has 0 aromatic carbocycles. The number of rotatable bonds is 7. The third-order valence-electron chi connectivity index (χ3n) is 4.65. The van der Waals surface area contributed by atoms with Crippen molar-refractivity contribution in [2.75, 3.05) is 13.2 Å². The van der Waals surface area contributed by atoms with Crippen LogP contribution < -0.4 is 5.32 Å². The van der Waals surface area contributed by atoms with E-state index in [4.69, 9.17) is 4.74 Å². The van der Waals surface area contributed by atoms with Crippen LogP contribution in [-0.4, -0.2) is 52.5 Å². The lowest BCUT2D eigenvalue weighted by molar-refractivity contribution is 0.0514. The molecule has 0 bridgehead atoms. The predicted molar refractivity (Wildman–Crippen MR) is 98.6 cm³/mol. The van der Waals surface area contributed by atoms with Crippen molar-refractivity contribution in [3.8, 4) is 0 Å². The minimum atomic E-state index is -0.439. The van der Waals surface area contributed by atoms with E-state index in [9.17, 15) is 14.4 Å². The Bertz CT molecular complexity index is 717. The zero-order chi connectivity index (χ0) is 19.6. The van der Waals surface area contributed by atoms with Gasteiger partial charge < -0.3 is 19.5 Å². The fourth-order valence-corrected chi connectivity index (χ4v) is 3.19. The minimum absolute atomic E-state index is 0.00877. The molecule has 0 unspecified atom stereocenters. The van der Waals surface area contributed by atoms with Gasteiger partial charge in [0.1, 0.15) is 5.69 Å². The maximum absolute atomic E-state index is 13.0. The summed E-state index contributed by atoms with van der Waals surface area (Å²) in [6.07, 6.45) is 1.83. The van der Waals surface area contributed by atoms with Gasteiger partial charge in [-0.1, -0.05) is 0 Å². The quantitative estimate of drug-likeness (QED) is 0.596. The molecule has 1 aliphatic carbocycles. The smallest absolute Gasteiger partial charge is 0.355 e. The molecule has 1 fully saturated rings. The Morgan fingerprint density at radius 3 is 2.38 bits per heavy atom. The van der Waals surface area contributed by atoms with Gasteiger partial charge in [-0.15, -0.1) is 0 Å². The highest BCUT2D eigenvalue weighted by atomic mass is 16.5. The van der Waals surface area contributed by atoms with Crippen molar-refractivity contribution >= 4 is 17.8 Å². The molecule has 2 rings (SSSR count). The molecule has 1 saturated carbocycles. The van der Waals surface area contributed by atoms with Gasteiger partial charge in [-0.25, -0.2) is 9.59 Å². The van der Waals surface area contributed by atoms with Crippen molar-refractivity contribution in [1.82, 2.24) is 14.8 Å². The number of aromatic nitrogens is 1. The number of Topliss-reactive ketones (excluding diaryl/α,β-unsaturated/α-hetero) is 1. The molecule has 7 heteroatoms. The molecule has 2 amide bonds. The van der Waals surface area contributed by atoms with Crippen molar-refractivity contribution in [3.63, 3.8) is 0 Å². The lowest BCUT2D eigenvalue weighted by atomic mass is 10.1. The molecule has 1 heterocycles. The van der Waals surface area contributed by atoms with Crippen LogP contribution in [0.1, 0.15) is 65.7 Å². The van der Waals surface area contributed by atoms with E-state index < -0.39 is 5.97 Å². The van der Waals surface area contributed by atoms with Crippen molar-refractivity contribution in [3.05, 3.63) is 22.5 Å². The summed E-state index contributed by atoms with van der Waals surface area (Å²) in [5.74, 6) is -0.594. The van der Waals surface area contributed by atoms with Crippen LogP contribution in [-0.2, 0) is 11.8 Å². The van der Waals surface area contributed by atoms with E-state index in [0.717, 1.165) is 12.8 Å². The molecule has 7 nitrogen and oxygen atoms in total. The van der Waals surface area contributed by atoms with Gasteiger partial charge in [0.15, 0.2) is 5.78 Å². The normalized spacial score (nSPS) is 13.7. The number of hydrogen-bond donors (Lipinski definition) is 1. The van der Waals surface area contributed by atoms with E-state index in [2.05, 4.69) is 5.32 Å². The zero-order valence-electron chi connectivity index (χ0n) is 16.5. The van der Waals surface area contributed by atoms with Crippen LogP contribution in [0.5, 0.6) is 0 Å². The summed E-state index contributed by atoms with van der Waals surface area (Å²) in [7, 11) is 1.75. The van der Waals surface area contributed by atoms with Crippen LogP contribution in [0.4, 0.5) is 4.79 Å². The molecule has 0 radical (unpaired) electrons. The van der Waals surface area contributed by atoms with Gasteiger partial charge in [0.05, 0.1) is 13.2 Å². The summed E-state index contributed by atoms with van der Waals surface area (Å²) in [5, 5.41) is 2.86. The summed E-state index contributed by atoms with van der Waals surface area (Å²) in [4.78, 5) is 39.2. The van der Waals surface area contributed by atoms with Crippen LogP contribution >= 0.6 is 0 Å². The molecule has 0 aliphatic heterocycles. The molecule has 26 heavy (non-hydrogen) atoms. The number of nitrogens with zero attached hydrogens (tertiary/aromatic N) is 2. The highest BCUT2D eigenvalue weighted by molar-refractivity contribution is 6.04. The highest BCUT2D eigenvalue weighted by Crippen LogP contribution is 2.28. The summed E-state index contributed by atoms with van der Waals surface area (Å²) in [6.45, 7) is 9.37.